The quantitative estimate of drug-likeness (QED) is 0.548. The number of rotatable bonds is 4. The Labute approximate surface area is 190 Å². The van der Waals surface area contributed by atoms with Gasteiger partial charge in [-0.25, -0.2) is 9.97 Å². The topological polar surface area (TPSA) is 51.8 Å². The van der Waals surface area contributed by atoms with Crippen molar-refractivity contribution in [3.8, 4) is 0 Å². The summed E-state index contributed by atoms with van der Waals surface area (Å²) >= 11 is 5.11. The molecule has 2 N–H and O–H groups in total. The van der Waals surface area contributed by atoms with Crippen LogP contribution in [0.4, 0.5) is 0 Å². The van der Waals surface area contributed by atoms with Gasteiger partial charge in [0.2, 0.25) is 0 Å². The summed E-state index contributed by atoms with van der Waals surface area (Å²) in [7, 11) is 0. The van der Waals surface area contributed by atoms with E-state index in [1.807, 2.05) is 12.3 Å². The summed E-state index contributed by atoms with van der Waals surface area (Å²) in [6.07, 6.45) is 19.7. The standard InChI is InChI=1S/C24H37N3S.2CH4/c25-24-13-2-1-3-16(24)4-6-20-18-7-8-21(19(18)9-10-22(20)24)23(28)11-5-17-12-14-26-15-27-17;;/h12,14-16,18-23,28H,1-11,13,25H2;2*1H4. The summed E-state index contributed by atoms with van der Waals surface area (Å²) in [6.45, 7) is 0. The smallest absolute Gasteiger partial charge is 0.115 e. The van der Waals surface area contributed by atoms with Gasteiger partial charge in [0.05, 0.1) is 0 Å². The van der Waals surface area contributed by atoms with Gasteiger partial charge in [-0.1, -0.05) is 27.7 Å². The highest BCUT2D eigenvalue weighted by atomic mass is 32.1. The first-order chi connectivity index (χ1) is 13.7. The maximum absolute atomic E-state index is 7.18. The molecular weight excluding hydrogens is 386 g/mol. The monoisotopic (exact) mass is 431 g/mol. The van der Waals surface area contributed by atoms with E-state index in [0.29, 0.717) is 5.25 Å². The number of aromatic nitrogens is 2. The molecule has 4 aliphatic rings. The minimum atomic E-state index is 0. The Morgan fingerprint density at radius 3 is 2.60 bits per heavy atom. The highest BCUT2D eigenvalue weighted by Crippen LogP contribution is 2.60. The van der Waals surface area contributed by atoms with E-state index in [4.69, 9.17) is 18.4 Å². The normalized spacial score (nSPS) is 40.7. The Balaban J connectivity index is 0.00000128. The molecule has 4 heteroatoms. The Kier molecular flexibility index (Phi) is 7.93. The van der Waals surface area contributed by atoms with Gasteiger partial charge < -0.3 is 5.73 Å². The molecule has 0 aromatic carbocycles. The molecule has 1 heterocycles. The Morgan fingerprint density at radius 1 is 1.00 bits per heavy atom. The van der Waals surface area contributed by atoms with E-state index in [0.717, 1.165) is 54.0 Å². The fraction of sp³-hybridized carbons (Fsp3) is 0.846. The summed E-state index contributed by atoms with van der Waals surface area (Å²) in [4.78, 5) is 8.44. The number of aryl methyl sites for hydroxylation is 1. The molecule has 8 unspecified atom stereocenters. The van der Waals surface area contributed by atoms with Crippen LogP contribution < -0.4 is 5.73 Å². The molecule has 0 saturated heterocycles. The van der Waals surface area contributed by atoms with Crippen LogP contribution in [0.1, 0.15) is 91.2 Å². The average molecular weight is 432 g/mol. The van der Waals surface area contributed by atoms with Crippen molar-refractivity contribution in [3.05, 3.63) is 24.3 Å². The van der Waals surface area contributed by atoms with Crippen LogP contribution in [0.5, 0.6) is 0 Å². The van der Waals surface area contributed by atoms with Crippen molar-refractivity contribution >= 4 is 12.6 Å². The molecule has 0 radical (unpaired) electrons. The summed E-state index contributed by atoms with van der Waals surface area (Å²) in [5.41, 5.74) is 8.52. The van der Waals surface area contributed by atoms with Crippen LogP contribution >= 0.6 is 12.6 Å². The van der Waals surface area contributed by atoms with E-state index < -0.39 is 0 Å². The fourth-order valence-corrected chi connectivity index (χ4v) is 8.60. The number of hydrogen-bond acceptors (Lipinski definition) is 4. The second-order valence-electron chi connectivity index (χ2n) is 10.4. The lowest BCUT2D eigenvalue weighted by molar-refractivity contribution is -0.0434. The minimum absolute atomic E-state index is 0. The summed E-state index contributed by atoms with van der Waals surface area (Å²) in [5.74, 6) is 5.17. The fourth-order valence-electron chi connectivity index (χ4n) is 8.10. The number of fused-ring (bicyclic) bond motifs is 5. The van der Waals surface area contributed by atoms with E-state index in [1.54, 1.807) is 6.33 Å². The highest BCUT2D eigenvalue weighted by molar-refractivity contribution is 7.81. The van der Waals surface area contributed by atoms with Gasteiger partial charge in [-0.05, 0) is 106 Å². The van der Waals surface area contributed by atoms with E-state index in [-0.39, 0.29) is 20.4 Å². The second kappa shape index (κ2) is 9.90. The van der Waals surface area contributed by atoms with Crippen molar-refractivity contribution in [2.24, 2.45) is 41.2 Å². The molecule has 0 spiro atoms. The Bertz CT molecular complexity index is 668. The van der Waals surface area contributed by atoms with Crippen molar-refractivity contribution < 1.29 is 0 Å². The van der Waals surface area contributed by atoms with E-state index in [1.165, 1.54) is 64.2 Å². The first-order valence-corrected chi connectivity index (χ1v) is 12.4. The third kappa shape index (κ3) is 4.20. The van der Waals surface area contributed by atoms with Crippen molar-refractivity contribution in [2.75, 3.05) is 0 Å². The molecule has 0 aliphatic heterocycles. The first-order valence-electron chi connectivity index (χ1n) is 11.9. The zero-order valence-electron chi connectivity index (χ0n) is 17.2. The van der Waals surface area contributed by atoms with Gasteiger partial charge in [-0.2, -0.15) is 12.6 Å². The van der Waals surface area contributed by atoms with Crippen LogP contribution in [0, 0.1) is 35.5 Å². The molecule has 4 saturated carbocycles. The van der Waals surface area contributed by atoms with Crippen molar-refractivity contribution in [1.82, 2.24) is 9.97 Å². The van der Waals surface area contributed by atoms with E-state index >= 15 is 0 Å². The molecule has 1 aromatic heterocycles. The zero-order valence-corrected chi connectivity index (χ0v) is 18.1. The van der Waals surface area contributed by atoms with E-state index in [9.17, 15) is 0 Å². The lowest BCUT2D eigenvalue weighted by atomic mass is 9.50. The molecule has 4 aliphatic carbocycles. The van der Waals surface area contributed by atoms with E-state index in [2.05, 4.69) is 9.97 Å². The molecule has 8 atom stereocenters. The maximum atomic E-state index is 7.18. The predicted octanol–water partition coefficient (Wildman–Crippen LogP) is 6.33. The number of hydrogen-bond donors (Lipinski definition) is 2. The number of thiol groups is 1. The molecule has 4 fully saturated rings. The van der Waals surface area contributed by atoms with Gasteiger partial charge in [-0.15, -0.1) is 0 Å². The van der Waals surface area contributed by atoms with Crippen molar-refractivity contribution in [2.45, 2.75) is 103 Å². The van der Waals surface area contributed by atoms with Gasteiger partial charge in [0.15, 0.2) is 0 Å². The van der Waals surface area contributed by atoms with Crippen LogP contribution in [0.15, 0.2) is 18.6 Å². The second-order valence-corrected chi connectivity index (χ2v) is 11.0. The van der Waals surface area contributed by atoms with Crippen molar-refractivity contribution in [1.29, 1.82) is 0 Å². The van der Waals surface area contributed by atoms with Gasteiger partial charge in [0, 0.05) is 22.7 Å². The molecule has 30 heavy (non-hydrogen) atoms. The molecule has 0 bridgehead atoms. The van der Waals surface area contributed by atoms with Crippen LogP contribution in [-0.4, -0.2) is 20.8 Å². The van der Waals surface area contributed by atoms with Gasteiger partial charge in [0.25, 0.3) is 0 Å². The average Bonchev–Trinajstić information content (AvgIpc) is 3.17. The summed E-state index contributed by atoms with van der Waals surface area (Å²) < 4.78 is 0. The van der Waals surface area contributed by atoms with Crippen LogP contribution in [0.2, 0.25) is 0 Å². The number of nitrogens with zero attached hydrogens (tertiary/aromatic N) is 2. The summed E-state index contributed by atoms with van der Waals surface area (Å²) in [6, 6.07) is 2.05. The molecule has 170 valence electrons. The Hall–Kier alpha value is -0.610. The maximum Gasteiger partial charge on any atom is 0.115 e. The van der Waals surface area contributed by atoms with Gasteiger partial charge >= 0.3 is 0 Å². The molecular formula is C26H45N3S. The number of nitrogens with two attached hydrogens (primary N) is 1. The van der Waals surface area contributed by atoms with Crippen LogP contribution in [0.25, 0.3) is 0 Å². The lowest BCUT2D eigenvalue weighted by Gasteiger charge is -2.58. The van der Waals surface area contributed by atoms with Crippen LogP contribution in [0.3, 0.4) is 0 Å². The Morgan fingerprint density at radius 2 is 1.80 bits per heavy atom. The van der Waals surface area contributed by atoms with Crippen LogP contribution in [-0.2, 0) is 6.42 Å². The SMILES string of the molecule is C.C.NC12CCCCC1CCC1C3CCC(C(S)CCc4ccncn4)C3CCC12. The third-order valence-corrected chi connectivity index (χ3v) is 10.00. The van der Waals surface area contributed by atoms with Gasteiger partial charge in [0.1, 0.15) is 6.33 Å². The molecule has 5 rings (SSSR count). The first kappa shape index (κ1) is 24.0. The van der Waals surface area contributed by atoms with Crippen molar-refractivity contribution in [3.63, 3.8) is 0 Å². The minimum Gasteiger partial charge on any atom is -0.325 e. The zero-order chi connectivity index (χ0) is 19.1. The highest BCUT2D eigenvalue weighted by Gasteiger charge is 2.56. The predicted molar refractivity (Wildman–Crippen MR) is 131 cm³/mol. The molecule has 1 aromatic rings. The lowest BCUT2D eigenvalue weighted by Crippen LogP contribution is -2.61. The molecule has 3 nitrogen and oxygen atoms in total. The largest absolute Gasteiger partial charge is 0.325 e. The third-order valence-electron chi connectivity index (χ3n) is 9.36. The van der Waals surface area contributed by atoms with Gasteiger partial charge in [-0.3, -0.25) is 0 Å². The summed E-state index contributed by atoms with van der Waals surface area (Å²) in [5, 5.41) is 0.513. The molecule has 0 amide bonds.